The second-order valence-electron chi connectivity index (χ2n) is 5.36. The van der Waals surface area contributed by atoms with Crippen LogP contribution < -0.4 is 16.1 Å². The maximum absolute atomic E-state index is 11.6. The zero-order valence-electron chi connectivity index (χ0n) is 13.3. The Labute approximate surface area is 135 Å². The van der Waals surface area contributed by atoms with Crippen molar-refractivity contribution < 1.29 is 14.3 Å². The van der Waals surface area contributed by atoms with Crippen LogP contribution in [0, 0.1) is 0 Å². The van der Waals surface area contributed by atoms with E-state index in [4.69, 9.17) is 0 Å². The first-order valence-electron chi connectivity index (χ1n) is 7.64. The van der Waals surface area contributed by atoms with E-state index in [0.717, 1.165) is 18.4 Å². The number of methoxy groups -OCH3 is 1. The van der Waals surface area contributed by atoms with Gasteiger partial charge in [-0.05, 0) is 24.1 Å². The SMILES string of the molecule is CCCC1CC(=O)NC(N/N=C/c2ccc(C(=O)OC)cc2)N1. The minimum Gasteiger partial charge on any atom is -0.465 e. The molecular formula is C16H22N4O3. The molecule has 7 heteroatoms. The molecule has 1 aliphatic heterocycles. The van der Waals surface area contributed by atoms with E-state index in [1.807, 2.05) is 0 Å². The molecule has 1 aliphatic rings. The van der Waals surface area contributed by atoms with Crippen molar-refractivity contribution in [1.29, 1.82) is 0 Å². The van der Waals surface area contributed by atoms with Crippen molar-refractivity contribution in [3.8, 4) is 0 Å². The average Bonchev–Trinajstić information content (AvgIpc) is 2.54. The van der Waals surface area contributed by atoms with Crippen molar-refractivity contribution >= 4 is 18.1 Å². The van der Waals surface area contributed by atoms with Gasteiger partial charge in [0.1, 0.15) is 0 Å². The van der Waals surface area contributed by atoms with Crippen molar-refractivity contribution in [2.75, 3.05) is 7.11 Å². The molecule has 0 aliphatic carbocycles. The number of hydrazone groups is 1. The highest BCUT2D eigenvalue weighted by molar-refractivity contribution is 5.90. The summed E-state index contributed by atoms with van der Waals surface area (Å²) in [5.41, 5.74) is 4.19. The Morgan fingerprint density at radius 1 is 1.43 bits per heavy atom. The third kappa shape index (κ3) is 5.07. The van der Waals surface area contributed by atoms with Crippen molar-refractivity contribution in [2.45, 2.75) is 38.5 Å². The fourth-order valence-corrected chi connectivity index (χ4v) is 2.39. The van der Waals surface area contributed by atoms with Crippen LogP contribution in [0.15, 0.2) is 29.4 Å². The van der Waals surface area contributed by atoms with E-state index in [1.54, 1.807) is 30.5 Å². The highest BCUT2D eigenvalue weighted by atomic mass is 16.5. The van der Waals surface area contributed by atoms with Crippen molar-refractivity contribution in [3.05, 3.63) is 35.4 Å². The van der Waals surface area contributed by atoms with Crippen molar-refractivity contribution in [3.63, 3.8) is 0 Å². The van der Waals surface area contributed by atoms with Crippen LogP contribution in [-0.2, 0) is 9.53 Å². The van der Waals surface area contributed by atoms with Crippen LogP contribution in [0.2, 0.25) is 0 Å². The van der Waals surface area contributed by atoms with Gasteiger partial charge in [-0.2, -0.15) is 5.10 Å². The number of esters is 1. The van der Waals surface area contributed by atoms with E-state index in [-0.39, 0.29) is 24.2 Å². The topological polar surface area (TPSA) is 91.8 Å². The van der Waals surface area contributed by atoms with Crippen LogP contribution in [0.4, 0.5) is 0 Å². The van der Waals surface area contributed by atoms with Gasteiger partial charge in [0.15, 0.2) is 6.29 Å². The minimum absolute atomic E-state index is 0.0114. The lowest BCUT2D eigenvalue weighted by Crippen LogP contribution is -2.61. The Hall–Kier alpha value is -2.41. The largest absolute Gasteiger partial charge is 0.465 e. The predicted octanol–water partition coefficient (Wildman–Crippen LogP) is 0.958. The van der Waals surface area contributed by atoms with Crippen LogP contribution in [0.5, 0.6) is 0 Å². The summed E-state index contributed by atoms with van der Waals surface area (Å²) in [6, 6.07) is 7.05. The molecule has 1 saturated heterocycles. The fourth-order valence-electron chi connectivity index (χ4n) is 2.39. The number of hydrogen-bond acceptors (Lipinski definition) is 6. The summed E-state index contributed by atoms with van der Waals surface area (Å²) in [6.07, 6.45) is 3.71. The predicted molar refractivity (Wildman–Crippen MR) is 86.9 cm³/mol. The first kappa shape index (κ1) is 17.0. The molecule has 0 aromatic heterocycles. The van der Waals surface area contributed by atoms with Gasteiger partial charge in [-0.3, -0.25) is 15.5 Å². The van der Waals surface area contributed by atoms with Gasteiger partial charge in [-0.25, -0.2) is 4.79 Å². The molecule has 3 N–H and O–H groups in total. The number of hydrogen-bond donors (Lipinski definition) is 3. The maximum atomic E-state index is 11.6. The molecule has 2 atom stereocenters. The standard InChI is InChI=1S/C16H22N4O3/c1-3-4-13-9-14(21)19-16(18-13)20-17-10-11-5-7-12(8-6-11)15(22)23-2/h5-8,10,13,16,18,20H,3-4,9H2,1-2H3,(H,19,21)/b17-10+. The Balaban J connectivity index is 1.88. The van der Waals surface area contributed by atoms with Gasteiger partial charge in [0, 0.05) is 12.5 Å². The minimum atomic E-state index is -0.376. The fraction of sp³-hybridized carbons (Fsp3) is 0.438. The summed E-state index contributed by atoms with van der Waals surface area (Å²) in [5, 5.41) is 10.2. The molecule has 1 fully saturated rings. The first-order chi connectivity index (χ1) is 11.1. The highest BCUT2D eigenvalue weighted by Crippen LogP contribution is 2.06. The Bertz CT molecular complexity index is 571. The van der Waals surface area contributed by atoms with Gasteiger partial charge in [-0.15, -0.1) is 0 Å². The summed E-state index contributed by atoms with van der Waals surface area (Å²) < 4.78 is 4.64. The molecule has 2 unspecified atom stereocenters. The molecule has 7 nitrogen and oxygen atoms in total. The number of rotatable bonds is 6. The Kier molecular flexibility index (Phi) is 6.10. The number of benzene rings is 1. The number of nitrogens with zero attached hydrogens (tertiary/aromatic N) is 1. The molecule has 1 aromatic carbocycles. The van der Waals surface area contributed by atoms with E-state index in [1.165, 1.54) is 7.11 Å². The average molecular weight is 318 g/mol. The van der Waals surface area contributed by atoms with Crippen LogP contribution in [0.25, 0.3) is 0 Å². The number of carbonyl (C=O) groups is 2. The molecule has 1 heterocycles. The van der Waals surface area contributed by atoms with Gasteiger partial charge >= 0.3 is 5.97 Å². The smallest absolute Gasteiger partial charge is 0.337 e. The second-order valence-corrected chi connectivity index (χ2v) is 5.36. The molecule has 0 saturated carbocycles. The van der Waals surface area contributed by atoms with Gasteiger partial charge in [-0.1, -0.05) is 25.5 Å². The first-order valence-corrected chi connectivity index (χ1v) is 7.64. The zero-order chi connectivity index (χ0) is 16.7. The molecule has 0 bridgehead atoms. The molecule has 1 amide bonds. The highest BCUT2D eigenvalue weighted by Gasteiger charge is 2.24. The lowest BCUT2D eigenvalue weighted by molar-refractivity contribution is -0.124. The van der Waals surface area contributed by atoms with Crippen LogP contribution in [-0.4, -0.2) is 37.5 Å². The van der Waals surface area contributed by atoms with E-state index >= 15 is 0 Å². The van der Waals surface area contributed by atoms with Crippen molar-refractivity contribution in [1.82, 2.24) is 16.1 Å². The Morgan fingerprint density at radius 3 is 2.83 bits per heavy atom. The van der Waals surface area contributed by atoms with Gasteiger partial charge in [0.2, 0.25) is 5.91 Å². The molecule has 2 rings (SSSR count). The van der Waals surface area contributed by atoms with Crippen LogP contribution >= 0.6 is 0 Å². The summed E-state index contributed by atoms with van der Waals surface area (Å²) in [5.74, 6) is -0.361. The molecular weight excluding hydrogens is 296 g/mol. The lowest BCUT2D eigenvalue weighted by Gasteiger charge is -2.30. The molecule has 0 radical (unpaired) electrons. The molecule has 1 aromatic rings. The second kappa shape index (κ2) is 8.28. The summed E-state index contributed by atoms with van der Waals surface area (Å²) >= 11 is 0. The number of ether oxygens (including phenoxy) is 1. The molecule has 0 spiro atoms. The summed E-state index contributed by atoms with van der Waals surface area (Å²) in [6.45, 7) is 2.09. The third-order valence-electron chi connectivity index (χ3n) is 3.53. The summed E-state index contributed by atoms with van der Waals surface area (Å²) in [7, 11) is 1.35. The quantitative estimate of drug-likeness (QED) is 0.413. The number of carbonyl (C=O) groups excluding carboxylic acids is 2. The number of amides is 1. The molecule has 124 valence electrons. The maximum Gasteiger partial charge on any atom is 0.337 e. The lowest BCUT2D eigenvalue weighted by atomic mass is 10.1. The van der Waals surface area contributed by atoms with E-state index in [0.29, 0.717) is 12.0 Å². The van der Waals surface area contributed by atoms with E-state index in [9.17, 15) is 9.59 Å². The van der Waals surface area contributed by atoms with Gasteiger partial charge in [0.05, 0.1) is 18.9 Å². The van der Waals surface area contributed by atoms with Crippen LogP contribution in [0.1, 0.15) is 42.1 Å². The number of nitrogens with one attached hydrogen (secondary N) is 3. The Morgan fingerprint density at radius 2 is 2.17 bits per heavy atom. The monoisotopic (exact) mass is 318 g/mol. The van der Waals surface area contributed by atoms with Gasteiger partial charge < -0.3 is 10.1 Å². The van der Waals surface area contributed by atoms with Crippen LogP contribution in [0.3, 0.4) is 0 Å². The third-order valence-corrected chi connectivity index (χ3v) is 3.53. The zero-order valence-corrected chi connectivity index (χ0v) is 13.3. The normalized spacial score (nSPS) is 21.0. The van der Waals surface area contributed by atoms with E-state index < -0.39 is 0 Å². The summed E-state index contributed by atoms with van der Waals surface area (Å²) in [4.78, 5) is 23.0. The molecule has 23 heavy (non-hydrogen) atoms. The van der Waals surface area contributed by atoms with E-state index in [2.05, 4.69) is 32.8 Å². The van der Waals surface area contributed by atoms with Gasteiger partial charge in [0.25, 0.3) is 0 Å². The van der Waals surface area contributed by atoms with Crippen molar-refractivity contribution in [2.24, 2.45) is 5.10 Å².